The van der Waals surface area contributed by atoms with Gasteiger partial charge in [0.05, 0.1) is 20.6 Å². The first-order valence-electron chi connectivity index (χ1n) is 8.36. The summed E-state index contributed by atoms with van der Waals surface area (Å²) in [5, 5.41) is 2.61. The third kappa shape index (κ3) is 4.87. The smallest absolute Gasteiger partial charge is 0.264 e. The van der Waals surface area contributed by atoms with E-state index in [-0.39, 0.29) is 26.3 Å². The molecule has 1 N–H and O–H groups in total. The van der Waals surface area contributed by atoms with Gasteiger partial charge in [-0.05, 0) is 42.5 Å². The fraction of sp³-hybridized carbons (Fsp3) is 0.0500. The van der Waals surface area contributed by atoms with Crippen molar-refractivity contribution in [1.29, 1.82) is 0 Å². The summed E-state index contributed by atoms with van der Waals surface area (Å²) >= 11 is 12.3. The second kappa shape index (κ2) is 8.82. The van der Waals surface area contributed by atoms with E-state index in [4.69, 9.17) is 23.2 Å². The monoisotopic (exact) mass is 452 g/mol. The fourth-order valence-electron chi connectivity index (χ4n) is 2.60. The van der Waals surface area contributed by atoms with Gasteiger partial charge >= 0.3 is 0 Å². The van der Waals surface area contributed by atoms with Crippen molar-refractivity contribution < 1.29 is 17.6 Å². The largest absolute Gasteiger partial charge is 0.324 e. The molecule has 150 valence electrons. The predicted octanol–water partition coefficient (Wildman–Crippen LogP) is 4.97. The summed E-state index contributed by atoms with van der Waals surface area (Å²) in [5.41, 5.74) is 0.252. The van der Waals surface area contributed by atoms with Gasteiger partial charge in [0, 0.05) is 5.69 Å². The highest BCUT2D eigenvalue weighted by molar-refractivity contribution is 7.92. The number of hydrogen-bond donors (Lipinski definition) is 1. The Morgan fingerprint density at radius 2 is 1.66 bits per heavy atom. The van der Waals surface area contributed by atoms with Crippen molar-refractivity contribution in [2.24, 2.45) is 0 Å². The number of benzene rings is 3. The standard InChI is InChI=1S/C20H15Cl2FN2O3S/c21-17-10-5-11-18(20(17)22)25(29(27,28)16-8-2-1-3-9-16)13-19(26)24-15-7-4-6-14(23)12-15/h1-12H,13H2,(H,24,26). The molecule has 0 radical (unpaired) electrons. The minimum absolute atomic E-state index is 0.00720. The number of halogens is 3. The van der Waals surface area contributed by atoms with Crippen LogP contribution in [0.25, 0.3) is 0 Å². The molecule has 0 spiro atoms. The van der Waals surface area contributed by atoms with E-state index in [0.717, 1.165) is 10.4 Å². The maximum Gasteiger partial charge on any atom is 0.264 e. The minimum Gasteiger partial charge on any atom is -0.324 e. The Bertz CT molecular complexity index is 1140. The van der Waals surface area contributed by atoms with Crippen molar-refractivity contribution in [2.75, 3.05) is 16.2 Å². The van der Waals surface area contributed by atoms with Crippen molar-refractivity contribution in [3.05, 3.63) is 88.7 Å². The van der Waals surface area contributed by atoms with Gasteiger partial charge < -0.3 is 5.32 Å². The summed E-state index contributed by atoms with van der Waals surface area (Å²) in [6.07, 6.45) is 0. The zero-order valence-electron chi connectivity index (χ0n) is 14.8. The van der Waals surface area contributed by atoms with E-state index >= 15 is 0 Å². The fourth-order valence-corrected chi connectivity index (χ4v) is 4.50. The van der Waals surface area contributed by atoms with Crippen molar-refractivity contribution in [2.45, 2.75) is 4.90 Å². The lowest BCUT2D eigenvalue weighted by atomic mass is 10.3. The second-order valence-corrected chi connectivity index (χ2v) is 8.60. The van der Waals surface area contributed by atoms with Crippen LogP contribution >= 0.6 is 23.2 Å². The molecule has 9 heteroatoms. The molecule has 5 nitrogen and oxygen atoms in total. The number of nitrogens with one attached hydrogen (secondary N) is 1. The van der Waals surface area contributed by atoms with Gasteiger partial charge in [0.25, 0.3) is 10.0 Å². The van der Waals surface area contributed by atoms with E-state index < -0.39 is 28.3 Å². The quantitative estimate of drug-likeness (QED) is 0.574. The van der Waals surface area contributed by atoms with Crippen LogP contribution in [0.4, 0.5) is 15.8 Å². The van der Waals surface area contributed by atoms with Crippen LogP contribution in [0.3, 0.4) is 0 Å². The average Bonchev–Trinajstić information content (AvgIpc) is 2.69. The highest BCUT2D eigenvalue weighted by Gasteiger charge is 2.29. The zero-order valence-corrected chi connectivity index (χ0v) is 17.2. The topological polar surface area (TPSA) is 66.5 Å². The van der Waals surface area contributed by atoms with E-state index in [9.17, 15) is 17.6 Å². The van der Waals surface area contributed by atoms with Gasteiger partial charge in [-0.1, -0.05) is 53.5 Å². The lowest BCUT2D eigenvalue weighted by Gasteiger charge is -2.25. The highest BCUT2D eigenvalue weighted by Crippen LogP contribution is 2.35. The average molecular weight is 453 g/mol. The molecular weight excluding hydrogens is 438 g/mol. The van der Waals surface area contributed by atoms with E-state index in [2.05, 4.69) is 5.32 Å². The first kappa shape index (κ1) is 21.1. The Kier molecular flexibility index (Phi) is 6.42. The second-order valence-electron chi connectivity index (χ2n) is 5.96. The number of carbonyl (C=O) groups is 1. The molecule has 0 atom stereocenters. The third-order valence-corrected chi connectivity index (χ3v) is 6.51. The molecule has 3 rings (SSSR count). The molecule has 3 aromatic carbocycles. The number of rotatable bonds is 6. The summed E-state index contributed by atoms with van der Waals surface area (Å²) in [6, 6.07) is 17.4. The maximum absolute atomic E-state index is 13.4. The van der Waals surface area contributed by atoms with Gasteiger partial charge in [-0.3, -0.25) is 9.10 Å². The maximum atomic E-state index is 13.4. The minimum atomic E-state index is -4.13. The lowest BCUT2D eigenvalue weighted by Crippen LogP contribution is -2.38. The first-order chi connectivity index (χ1) is 13.8. The molecule has 0 aromatic heterocycles. The van der Waals surface area contributed by atoms with E-state index in [0.29, 0.717) is 0 Å². The SMILES string of the molecule is O=C(CN(c1cccc(Cl)c1Cl)S(=O)(=O)c1ccccc1)Nc1cccc(F)c1. The van der Waals surface area contributed by atoms with Crippen LogP contribution in [0.5, 0.6) is 0 Å². The highest BCUT2D eigenvalue weighted by atomic mass is 35.5. The van der Waals surface area contributed by atoms with Crippen LogP contribution in [0.15, 0.2) is 77.7 Å². The molecule has 0 heterocycles. The van der Waals surface area contributed by atoms with Gasteiger partial charge in [-0.15, -0.1) is 0 Å². The zero-order chi connectivity index (χ0) is 21.0. The Balaban J connectivity index is 1.99. The summed E-state index contributed by atoms with van der Waals surface area (Å²) in [4.78, 5) is 12.5. The molecule has 0 aliphatic heterocycles. The number of amides is 1. The van der Waals surface area contributed by atoms with E-state index in [1.54, 1.807) is 18.2 Å². The Hall–Kier alpha value is -2.61. The Morgan fingerprint density at radius 3 is 2.34 bits per heavy atom. The number of hydrogen-bond acceptors (Lipinski definition) is 3. The molecule has 0 bridgehead atoms. The molecule has 29 heavy (non-hydrogen) atoms. The van der Waals surface area contributed by atoms with Crippen LogP contribution in [0.2, 0.25) is 10.0 Å². The van der Waals surface area contributed by atoms with Crippen molar-refractivity contribution in [1.82, 2.24) is 0 Å². The Morgan fingerprint density at radius 1 is 0.966 bits per heavy atom. The molecule has 0 saturated carbocycles. The molecular formula is C20H15Cl2FN2O3S. The predicted molar refractivity (Wildman–Crippen MR) is 112 cm³/mol. The summed E-state index contributed by atoms with van der Waals surface area (Å²) < 4.78 is 40.7. The normalized spacial score (nSPS) is 11.1. The summed E-state index contributed by atoms with van der Waals surface area (Å²) in [6.45, 7) is -0.589. The molecule has 0 saturated heterocycles. The first-order valence-corrected chi connectivity index (χ1v) is 10.6. The molecule has 0 fully saturated rings. The number of nitrogens with zero attached hydrogens (tertiary/aromatic N) is 1. The van der Waals surface area contributed by atoms with Crippen LogP contribution in [-0.4, -0.2) is 20.9 Å². The van der Waals surface area contributed by atoms with Crippen molar-refractivity contribution in [3.8, 4) is 0 Å². The van der Waals surface area contributed by atoms with Crippen molar-refractivity contribution in [3.63, 3.8) is 0 Å². The molecule has 0 unspecified atom stereocenters. The lowest BCUT2D eigenvalue weighted by molar-refractivity contribution is -0.114. The van der Waals surface area contributed by atoms with Crippen molar-refractivity contribution >= 4 is 50.5 Å². The van der Waals surface area contributed by atoms with Crippen LogP contribution in [-0.2, 0) is 14.8 Å². The molecule has 3 aromatic rings. The number of anilines is 2. The van der Waals surface area contributed by atoms with Gasteiger partial charge in [-0.25, -0.2) is 12.8 Å². The van der Waals surface area contributed by atoms with E-state index in [1.807, 2.05) is 0 Å². The molecule has 0 aliphatic rings. The molecule has 1 amide bonds. The molecule has 0 aliphatic carbocycles. The third-order valence-electron chi connectivity index (χ3n) is 3.93. The van der Waals surface area contributed by atoms with Crippen LogP contribution in [0, 0.1) is 5.82 Å². The van der Waals surface area contributed by atoms with Crippen LogP contribution in [0.1, 0.15) is 0 Å². The summed E-state index contributed by atoms with van der Waals surface area (Å²) in [7, 11) is -4.13. The van der Waals surface area contributed by atoms with E-state index in [1.165, 1.54) is 48.5 Å². The Labute approximate surface area is 177 Å². The summed E-state index contributed by atoms with van der Waals surface area (Å²) in [5.74, 6) is -1.21. The van der Waals surface area contributed by atoms with Gasteiger partial charge in [0.15, 0.2) is 0 Å². The van der Waals surface area contributed by atoms with Gasteiger partial charge in [0.2, 0.25) is 5.91 Å². The van der Waals surface area contributed by atoms with Gasteiger partial charge in [0.1, 0.15) is 12.4 Å². The van der Waals surface area contributed by atoms with Crippen LogP contribution < -0.4 is 9.62 Å². The number of carbonyl (C=O) groups excluding carboxylic acids is 1. The van der Waals surface area contributed by atoms with Gasteiger partial charge in [-0.2, -0.15) is 0 Å². The number of sulfonamides is 1.